The van der Waals surface area contributed by atoms with Crippen LogP contribution in [0, 0.1) is 13.8 Å². The Kier molecular flexibility index (Phi) is 3.65. The van der Waals surface area contributed by atoms with Crippen molar-refractivity contribution in [3.05, 3.63) is 35.2 Å². The molecule has 0 unspecified atom stereocenters. The topological polar surface area (TPSA) is 64.9 Å². The van der Waals surface area contributed by atoms with Crippen LogP contribution in [-0.2, 0) is 5.54 Å². The second-order valence-electron chi connectivity index (χ2n) is 5.18. The molecule has 0 bridgehead atoms. The second kappa shape index (κ2) is 4.94. The van der Waals surface area contributed by atoms with Crippen LogP contribution in [-0.4, -0.2) is 10.1 Å². The number of aryl methyl sites for hydroxylation is 1. The summed E-state index contributed by atoms with van der Waals surface area (Å²) >= 11 is 0. The molecule has 4 nitrogen and oxygen atoms in total. The van der Waals surface area contributed by atoms with Gasteiger partial charge in [-0.15, -0.1) is 12.4 Å². The molecule has 1 aliphatic carbocycles. The SMILES string of the molecule is Cc1cccc(-c2nc(C3(N)CCC3)no2)c1C.Cl. The molecule has 1 heterocycles. The third-order valence-corrected chi connectivity index (χ3v) is 3.95. The first-order chi connectivity index (χ1) is 8.60. The maximum atomic E-state index is 6.20. The van der Waals surface area contributed by atoms with Crippen LogP contribution in [0.1, 0.15) is 36.2 Å². The fourth-order valence-electron chi connectivity index (χ4n) is 2.30. The Morgan fingerprint density at radius 1 is 1.26 bits per heavy atom. The van der Waals surface area contributed by atoms with Crippen molar-refractivity contribution in [3.8, 4) is 11.5 Å². The van der Waals surface area contributed by atoms with E-state index in [-0.39, 0.29) is 17.9 Å². The van der Waals surface area contributed by atoms with Crippen molar-refractivity contribution in [1.82, 2.24) is 10.1 Å². The minimum atomic E-state index is -0.362. The quantitative estimate of drug-likeness (QED) is 0.917. The third-order valence-electron chi connectivity index (χ3n) is 3.95. The van der Waals surface area contributed by atoms with Crippen molar-refractivity contribution in [3.63, 3.8) is 0 Å². The summed E-state index contributed by atoms with van der Waals surface area (Å²) in [7, 11) is 0. The molecule has 1 saturated carbocycles. The molecule has 0 amide bonds. The lowest BCUT2D eigenvalue weighted by molar-refractivity contribution is 0.229. The zero-order valence-electron chi connectivity index (χ0n) is 11.1. The van der Waals surface area contributed by atoms with E-state index in [4.69, 9.17) is 10.3 Å². The lowest BCUT2D eigenvalue weighted by Gasteiger charge is -2.34. The summed E-state index contributed by atoms with van der Waals surface area (Å²) in [5, 5.41) is 4.05. The van der Waals surface area contributed by atoms with Crippen LogP contribution < -0.4 is 5.73 Å². The molecular formula is C14H18ClN3O. The first-order valence-electron chi connectivity index (χ1n) is 6.30. The van der Waals surface area contributed by atoms with Gasteiger partial charge in [-0.25, -0.2) is 0 Å². The molecule has 2 N–H and O–H groups in total. The van der Waals surface area contributed by atoms with Crippen molar-refractivity contribution >= 4 is 12.4 Å². The zero-order valence-corrected chi connectivity index (χ0v) is 12.0. The van der Waals surface area contributed by atoms with Gasteiger partial charge in [-0.05, 0) is 50.3 Å². The van der Waals surface area contributed by atoms with Crippen LogP contribution in [0.2, 0.25) is 0 Å². The highest BCUT2D eigenvalue weighted by Gasteiger charge is 2.39. The molecular weight excluding hydrogens is 262 g/mol. The predicted octanol–water partition coefficient (Wildman–Crippen LogP) is 3.11. The molecule has 19 heavy (non-hydrogen) atoms. The maximum Gasteiger partial charge on any atom is 0.258 e. The van der Waals surface area contributed by atoms with E-state index in [1.165, 1.54) is 11.1 Å². The van der Waals surface area contributed by atoms with Gasteiger partial charge in [0.15, 0.2) is 5.82 Å². The Morgan fingerprint density at radius 2 is 2.00 bits per heavy atom. The molecule has 0 atom stereocenters. The van der Waals surface area contributed by atoms with E-state index in [0.717, 1.165) is 24.8 Å². The maximum absolute atomic E-state index is 6.20. The largest absolute Gasteiger partial charge is 0.334 e. The molecule has 3 rings (SSSR count). The Hall–Kier alpha value is -1.39. The minimum Gasteiger partial charge on any atom is -0.334 e. The number of halogens is 1. The number of benzene rings is 1. The number of nitrogens with zero attached hydrogens (tertiary/aromatic N) is 2. The minimum absolute atomic E-state index is 0. The molecule has 0 aliphatic heterocycles. The van der Waals surface area contributed by atoms with Gasteiger partial charge in [-0.3, -0.25) is 0 Å². The molecule has 102 valence electrons. The van der Waals surface area contributed by atoms with E-state index in [9.17, 15) is 0 Å². The normalized spacial score (nSPS) is 16.6. The van der Waals surface area contributed by atoms with Gasteiger partial charge in [0.2, 0.25) is 0 Å². The summed E-state index contributed by atoms with van der Waals surface area (Å²) in [4.78, 5) is 4.47. The van der Waals surface area contributed by atoms with Crippen LogP contribution in [0.15, 0.2) is 22.7 Å². The highest BCUT2D eigenvalue weighted by molar-refractivity contribution is 5.85. The summed E-state index contributed by atoms with van der Waals surface area (Å²) in [6.45, 7) is 4.14. The molecule has 5 heteroatoms. The van der Waals surface area contributed by atoms with Crippen LogP contribution in [0.4, 0.5) is 0 Å². The fourth-order valence-corrected chi connectivity index (χ4v) is 2.30. The zero-order chi connectivity index (χ0) is 12.8. The van der Waals surface area contributed by atoms with Gasteiger partial charge in [-0.1, -0.05) is 17.3 Å². The molecule has 1 aliphatic rings. The van der Waals surface area contributed by atoms with Crippen LogP contribution >= 0.6 is 12.4 Å². The smallest absolute Gasteiger partial charge is 0.258 e. The summed E-state index contributed by atoms with van der Waals surface area (Å²) in [6.07, 6.45) is 3.03. The van der Waals surface area contributed by atoms with Gasteiger partial charge in [0.05, 0.1) is 5.54 Å². The Morgan fingerprint density at radius 3 is 2.63 bits per heavy atom. The monoisotopic (exact) mass is 279 g/mol. The predicted molar refractivity (Wildman–Crippen MR) is 76.2 cm³/mol. The fraction of sp³-hybridized carbons (Fsp3) is 0.429. The molecule has 1 aromatic carbocycles. The highest BCUT2D eigenvalue weighted by atomic mass is 35.5. The molecule has 0 radical (unpaired) electrons. The Labute approximate surface area is 118 Å². The number of nitrogens with two attached hydrogens (primary N) is 1. The van der Waals surface area contributed by atoms with Crippen molar-refractivity contribution in [2.45, 2.75) is 38.6 Å². The number of rotatable bonds is 2. The summed E-state index contributed by atoms with van der Waals surface area (Å²) < 4.78 is 5.37. The van der Waals surface area contributed by atoms with Crippen LogP contribution in [0.25, 0.3) is 11.5 Å². The van der Waals surface area contributed by atoms with Crippen molar-refractivity contribution < 1.29 is 4.52 Å². The van der Waals surface area contributed by atoms with E-state index in [0.29, 0.717) is 11.7 Å². The number of hydrogen-bond acceptors (Lipinski definition) is 4. The van der Waals surface area contributed by atoms with Gasteiger partial charge < -0.3 is 10.3 Å². The van der Waals surface area contributed by atoms with E-state index in [1.807, 2.05) is 12.1 Å². The molecule has 0 spiro atoms. The summed E-state index contributed by atoms with van der Waals surface area (Å²) in [5.41, 5.74) is 9.23. The molecule has 1 fully saturated rings. The van der Waals surface area contributed by atoms with E-state index >= 15 is 0 Å². The molecule has 1 aromatic heterocycles. The van der Waals surface area contributed by atoms with E-state index in [1.54, 1.807) is 0 Å². The first-order valence-corrected chi connectivity index (χ1v) is 6.30. The third kappa shape index (κ3) is 2.26. The van der Waals surface area contributed by atoms with Crippen molar-refractivity contribution in [1.29, 1.82) is 0 Å². The lowest BCUT2D eigenvalue weighted by atomic mass is 9.77. The lowest BCUT2D eigenvalue weighted by Crippen LogP contribution is -2.44. The average Bonchev–Trinajstić information content (AvgIpc) is 2.79. The van der Waals surface area contributed by atoms with Crippen molar-refractivity contribution in [2.75, 3.05) is 0 Å². The highest BCUT2D eigenvalue weighted by Crippen LogP contribution is 2.38. The molecule has 2 aromatic rings. The van der Waals surface area contributed by atoms with Gasteiger partial charge in [0, 0.05) is 5.56 Å². The molecule has 0 saturated heterocycles. The number of hydrogen-bond donors (Lipinski definition) is 1. The van der Waals surface area contributed by atoms with Gasteiger partial charge in [-0.2, -0.15) is 4.98 Å². The van der Waals surface area contributed by atoms with Crippen LogP contribution in [0.3, 0.4) is 0 Å². The van der Waals surface area contributed by atoms with E-state index in [2.05, 4.69) is 30.1 Å². The second-order valence-corrected chi connectivity index (χ2v) is 5.18. The standard InChI is InChI=1S/C14H17N3O.ClH/c1-9-5-3-6-11(10(9)2)12-16-13(17-18-12)14(15)7-4-8-14;/h3,5-6H,4,7-8,15H2,1-2H3;1H. The Balaban J connectivity index is 0.00000133. The van der Waals surface area contributed by atoms with E-state index < -0.39 is 0 Å². The van der Waals surface area contributed by atoms with Gasteiger partial charge >= 0.3 is 0 Å². The van der Waals surface area contributed by atoms with Gasteiger partial charge in [0.1, 0.15) is 0 Å². The Bertz CT molecular complexity index is 590. The van der Waals surface area contributed by atoms with Gasteiger partial charge in [0.25, 0.3) is 5.89 Å². The summed E-state index contributed by atoms with van der Waals surface area (Å²) in [5.74, 6) is 1.22. The number of aromatic nitrogens is 2. The first kappa shape index (κ1) is 14.0. The van der Waals surface area contributed by atoms with Crippen molar-refractivity contribution in [2.24, 2.45) is 5.73 Å². The summed E-state index contributed by atoms with van der Waals surface area (Å²) in [6, 6.07) is 6.08. The average molecular weight is 280 g/mol. The van der Waals surface area contributed by atoms with Crippen LogP contribution in [0.5, 0.6) is 0 Å².